The van der Waals surface area contributed by atoms with Gasteiger partial charge in [0.1, 0.15) is 0 Å². The number of ether oxygens (including phenoxy) is 1. The van der Waals surface area contributed by atoms with E-state index in [1.165, 1.54) is 18.4 Å². The number of hydrogen-bond donors (Lipinski definition) is 1. The van der Waals surface area contributed by atoms with Gasteiger partial charge in [-0.15, -0.1) is 0 Å². The summed E-state index contributed by atoms with van der Waals surface area (Å²) in [6.45, 7) is 5.94. The number of aryl methyl sites for hydroxylation is 2. The van der Waals surface area contributed by atoms with Crippen LogP contribution in [0.15, 0.2) is 24.5 Å². The largest absolute Gasteiger partial charge is 0.436 e. The van der Waals surface area contributed by atoms with Gasteiger partial charge < -0.3 is 10.1 Å². The fraction of sp³-hybridized carbons (Fsp3) is 0.500. The van der Waals surface area contributed by atoms with Gasteiger partial charge in [-0.25, -0.2) is 4.98 Å². The molecule has 0 radical (unpaired) electrons. The van der Waals surface area contributed by atoms with E-state index in [9.17, 15) is 0 Å². The van der Waals surface area contributed by atoms with Gasteiger partial charge in [-0.05, 0) is 31.7 Å². The minimum atomic E-state index is 0.624. The maximum Gasteiger partial charge on any atom is 0.219 e. The number of hydrogen-bond acceptors (Lipinski definition) is 4. The van der Waals surface area contributed by atoms with Crippen molar-refractivity contribution in [3.63, 3.8) is 0 Å². The van der Waals surface area contributed by atoms with Crippen LogP contribution in [0.2, 0.25) is 0 Å². The molecule has 5 heteroatoms. The molecule has 2 aromatic heterocycles. The molecular weight excluding hydrogens is 264 g/mol. The second-order valence-electron chi connectivity index (χ2n) is 5.59. The lowest BCUT2D eigenvalue weighted by Crippen LogP contribution is -2.16. The van der Waals surface area contributed by atoms with Gasteiger partial charge in [-0.3, -0.25) is 4.68 Å². The Hall–Kier alpha value is -1.88. The molecule has 1 fully saturated rings. The standard InChI is InChI=1S/C16H22N4O/c1-3-8-20-11-15(10-18-20)21-16-7-4-13(12(2)19-16)9-17-14-5-6-14/h4,7,10-11,14,17H,3,5-6,8-9H2,1-2H3. The first-order valence-electron chi connectivity index (χ1n) is 7.65. The summed E-state index contributed by atoms with van der Waals surface area (Å²) in [7, 11) is 0. The maximum absolute atomic E-state index is 5.76. The van der Waals surface area contributed by atoms with Gasteiger partial charge >= 0.3 is 0 Å². The third-order valence-electron chi connectivity index (χ3n) is 3.61. The molecule has 5 nitrogen and oxygen atoms in total. The molecule has 0 spiro atoms. The van der Waals surface area contributed by atoms with Gasteiger partial charge in [-0.2, -0.15) is 5.10 Å². The first-order chi connectivity index (χ1) is 10.2. The Labute approximate surface area is 125 Å². The van der Waals surface area contributed by atoms with E-state index in [1.54, 1.807) is 6.20 Å². The minimum absolute atomic E-state index is 0.624. The summed E-state index contributed by atoms with van der Waals surface area (Å²) >= 11 is 0. The predicted molar refractivity (Wildman–Crippen MR) is 81.4 cm³/mol. The van der Waals surface area contributed by atoms with E-state index in [4.69, 9.17) is 4.74 Å². The molecule has 2 heterocycles. The lowest BCUT2D eigenvalue weighted by atomic mass is 10.2. The summed E-state index contributed by atoms with van der Waals surface area (Å²) in [6, 6.07) is 4.72. The third kappa shape index (κ3) is 3.82. The van der Waals surface area contributed by atoms with E-state index in [1.807, 2.05) is 23.9 Å². The SMILES string of the molecule is CCCn1cc(Oc2ccc(CNC3CC3)c(C)n2)cn1. The van der Waals surface area contributed by atoms with Crippen LogP contribution in [0.3, 0.4) is 0 Å². The van der Waals surface area contributed by atoms with Crippen LogP contribution in [-0.4, -0.2) is 20.8 Å². The van der Waals surface area contributed by atoms with Crippen LogP contribution >= 0.6 is 0 Å². The molecular formula is C16H22N4O. The van der Waals surface area contributed by atoms with Crippen LogP contribution in [-0.2, 0) is 13.1 Å². The van der Waals surface area contributed by atoms with Gasteiger partial charge in [0.25, 0.3) is 0 Å². The molecule has 0 bridgehead atoms. The van der Waals surface area contributed by atoms with E-state index in [0.717, 1.165) is 31.0 Å². The molecule has 0 aromatic carbocycles. The van der Waals surface area contributed by atoms with Crippen molar-refractivity contribution in [2.24, 2.45) is 0 Å². The molecule has 1 aliphatic carbocycles. The van der Waals surface area contributed by atoms with Crippen molar-refractivity contribution in [1.29, 1.82) is 0 Å². The average molecular weight is 286 g/mol. The molecule has 0 atom stereocenters. The van der Waals surface area contributed by atoms with Crippen molar-refractivity contribution >= 4 is 0 Å². The van der Waals surface area contributed by atoms with E-state index in [-0.39, 0.29) is 0 Å². The van der Waals surface area contributed by atoms with Crippen LogP contribution in [0.4, 0.5) is 0 Å². The molecule has 0 unspecified atom stereocenters. The number of pyridine rings is 1. The van der Waals surface area contributed by atoms with E-state index >= 15 is 0 Å². The summed E-state index contributed by atoms with van der Waals surface area (Å²) in [5.74, 6) is 1.36. The Balaban J connectivity index is 1.62. The van der Waals surface area contributed by atoms with Gasteiger partial charge in [-0.1, -0.05) is 13.0 Å². The zero-order chi connectivity index (χ0) is 14.7. The smallest absolute Gasteiger partial charge is 0.219 e. The van der Waals surface area contributed by atoms with E-state index in [2.05, 4.69) is 28.4 Å². The first kappa shape index (κ1) is 14.1. The highest BCUT2D eigenvalue weighted by molar-refractivity contribution is 5.28. The Kier molecular flexibility index (Phi) is 4.20. The summed E-state index contributed by atoms with van der Waals surface area (Å²) in [5, 5.41) is 7.76. The predicted octanol–water partition coefficient (Wildman–Crippen LogP) is 3.04. The fourth-order valence-corrected chi connectivity index (χ4v) is 2.22. The van der Waals surface area contributed by atoms with Crippen molar-refractivity contribution in [3.05, 3.63) is 35.8 Å². The maximum atomic E-state index is 5.76. The van der Waals surface area contributed by atoms with Crippen LogP contribution in [0, 0.1) is 6.92 Å². The van der Waals surface area contributed by atoms with Crippen molar-refractivity contribution in [2.45, 2.75) is 52.2 Å². The van der Waals surface area contributed by atoms with Crippen molar-refractivity contribution in [2.75, 3.05) is 0 Å². The number of rotatable bonds is 7. The molecule has 112 valence electrons. The Morgan fingerprint density at radius 2 is 2.24 bits per heavy atom. The molecule has 2 aromatic rings. The monoisotopic (exact) mass is 286 g/mol. The Morgan fingerprint density at radius 1 is 1.38 bits per heavy atom. The second kappa shape index (κ2) is 6.26. The second-order valence-corrected chi connectivity index (χ2v) is 5.59. The average Bonchev–Trinajstić information content (AvgIpc) is 3.19. The van der Waals surface area contributed by atoms with Gasteiger partial charge in [0.15, 0.2) is 5.75 Å². The van der Waals surface area contributed by atoms with Gasteiger partial charge in [0.05, 0.1) is 12.4 Å². The van der Waals surface area contributed by atoms with Crippen molar-refractivity contribution < 1.29 is 4.74 Å². The van der Waals surface area contributed by atoms with Gasteiger partial charge in [0.2, 0.25) is 5.88 Å². The highest BCUT2D eigenvalue weighted by atomic mass is 16.5. The van der Waals surface area contributed by atoms with Crippen LogP contribution in [0.5, 0.6) is 11.6 Å². The molecule has 1 N–H and O–H groups in total. The lowest BCUT2D eigenvalue weighted by Gasteiger charge is -2.08. The van der Waals surface area contributed by atoms with E-state index in [0.29, 0.717) is 11.9 Å². The highest BCUT2D eigenvalue weighted by Gasteiger charge is 2.20. The van der Waals surface area contributed by atoms with Crippen LogP contribution in [0.25, 0.3) is 0 Å². The first-order valence-corrected chi connectivity index (χ1v) is 7.65. The summed E-state index contributed by atoms with van der Waals surface area (Å²) in [6.07, 6.45) is 7.30. The minimum Gasteiger partial charge on any atom is -0.436 e. The van der Waals surface area contributed by atoms with Crippen LogP contribution in [0.1, 0.15) is 37.4 Å². The normalized spacial score (nSPS) is 14.4. The topological polar surface area (TPSA) is 52.0 Å². The number of aromatic nitrogens is 3. The number of nitrogens with zero attached hydrogens (tertiary/aromatic N) is 3. The Morgan fingerprint density at radius 3 is 2.95 bits per heavy atom. The summed E-state index contributed by atoms with van der Waals surface area (Å²) in [4.78, 5) is 4.52. The molecule has 1 aliphatic rings. The molecule has 3 rings (SSSR count). The number of nitrogens with one attached hydrogen (secondary N) is 1. The molecule has 0 amide bonds. The molecule has 21 heavy (non-hydrogen) atoms. The highest BCUT2D eigenvalue weighted by Crippen LogP contribution is 2.22. The zero-order valence-electron chi connectivity index (χ0n) is 12.7. The zero-order valence-corrected chi connectivity index (χ0v) is 12.7. The van der Waals surface area contributed by atoms with Crippen LogP contribution < -0.4 is 10.1 Å². The summed E-state index contributed by atoms with van der Waals surface area (Å²) in [5.41, 5.74) is 2.25. The fourth-order valence-electron chi connectivity index (χ4n) is 2.22. The Bertz CT molecular complexity index is 604. The van der Waals surface area contributed by atoms with E-state index < -0.39 is 0 Å². The summed E-state index contributed by atoms with van der Waals surface area (Å²) < 4.78 is 7.65. The van der Waals surface area contributed by atoms with Crippen molar-refractivity contribution in [1.82, 2.24) is 20.1 Å². The third-order valence-corrected chi connectivity index (χ3v) is 3.61. The van der Waals surface area contributed by atoms with Crippen molar-refractivity contribution in [3.8, 4) is 11.6 Å². The lowest BCUT2D eigenvalue weighted by molar-refractivity contribution is 0.459. The molecule has 0 aliphatic heterocycles. The molecule has 1 saturated carbocycles. The van der Waals surface area contributed by atoms with Gasteiger partial charge in [0, 0.05) is 30.9 Å². The quantitative estimate of drug-likeness (QED) is 0.850. The molecule has 0 saturated heterocycles.